The van der Waals surface area contributed by atoms with Crippen LogP contribution in [0.3, 0.4) is 0 Å². The smallest absolute Gasteiger partial charge is 0.0342 e. The zero-order valence-electron chi connectivity index (χ0n) is 9.91. The van der Waals surface area contributed by atoms with Gasteiger partial charge in [-0.2, -0.15) is 0 Å². The number of rotatable bonds is 9. The van der Waals surface area contributed by atoms with Crippen LogP contribution >= 0.6 is 0 Å². The molecule has 0 amide bonds. The van der Waals surface area contributed by atoms with E-state index in [2.05, 4.69) is 6.92 Å². The number of unbranched alkanes of at least 4 members (excludes halogenated alkanes) is 3. The van der Waals surface area contributed by atoms with Crippen LogP contribution in [0.5, 0.6) is 0 Å². The Morgan fingerprint density at radius 2 is 1.93 bits per heavy atom. The SMILES string of the molecule is CCCCCCN(N)/C=C(\N)CCCN. The zero-order valence-corrected chi connectivity index (χ0v) is 9.91. The highest BCUT2D eigenvalue weighted by Crippen LogP contribution is 2.01. The maximum Gasteiger partial charge on any atom is 0.0342 e. The molecule has 0 bridgehead atoms. The fourth-order valence-electron chi connectivity index (χ4n) is 1.37. The Labute approximate surface area is 93.4 Å². The Morgan fingerprint density at radius 3 is 2.53 bits per heavy atom. The average molecular weight is 214 g/mol. The summed E-state index contributed by atoms with van der Waals surface area (Å²) in [6.07, 6.45) is 8.47. The Hall–Kier alpha value is -0.740. The second-order valence-corrected chi connectivity index (χ2v) is 3.89. The average Bonchev–Trinajstić information content (AvgIpc) is 2.21. The summed E-state index contributed by atoms with van der Waals surface area (Å²) in [5.41, 5.74) is 12.0. The number of hydrogen-bond donors (Lipinski definition) is 3. The van der Waals surface area contributed by atoms with Crippen molar-refractivity contribution in [2.75, 3.05) is 13.1 Å². The summed E-state index contributed by atoms with van der Waals surface area (Å²) in [7, 11) is 0. The monoisotopic (exact) mass is 214 g/mol. The second kappa shape index (κ2) is 9.80. The van der Waals surface area contributed by atoms with Crippen LogP contribution in [0.15, 0.2) is 11.9 Å². The molecule has 0 aliphatic carbocycles. The van der Waals surface area contributed by atoms with Crippen LogP contribution in [-0.2, 0) is 0 Å². The summed E-state index contributed by atoms with van der Waals surface area (Å²) in [5, 5.41) is 1.68. The predicted octanol–water partition coefficient (Wildman–Crippen LogP) is 1.28. The van der Waals surface area contributed by atoms with Gasteiger partial charge in [0.1, 0.15) is 0 Å². The quantitative estimate of drug-likeness (QED) is 0.307. The van der Waals surface area contributed by atoms with Crippen LogP contribution in [0.1, 0.15) is 45.4 Å². The van der Waals surface area contributed by atoms with Crippen molar-refractivity contribution in [3.8, 4) is 0 Å². The molecule has 0 saturated heterocycles. The van der Waals surface area contributed by atoms with Crippen LogP contribution in [-0.4, -0.2) is 18.1 Å². The largest absolute Gasteiger partial charge is 0.401 e. The van der Waals surface area contributed by atoms with Gasteiger partial charge >= 0.3 is 0 Å². The number of nitrogens with two attached hydrogens (primary N) is 3. The second-order valence-electron chi connectivity index (χ2n) is 3.89. The fraction of sp³-hybridized carbons (Fsp3) is 0.818. The van der Waals surface area contributed by atoms with E-state index >= 15 is 0 Å². The van der Waals surface area contributed by atoms with Gasteiger partial charge in [-0.15, -0.1) is 0 Å². The highest BCUT2D eigenvalue weighted by molar-refractivity contribution is 4.94. The van der Waals surface area contributed by atoms with Gasteiger partial charge in [0.25, 0.3) is 0 Å². The molecule has 90 valence electrons. The van der Waals surface area contributed by atoms with Gasteiger partial charge in [0.15, 0.2) is 0 Å². The van der Waals surface area contributed by atoms with E-state index < -0.39 is 0 Å². The minimum Gasteiger partial charge on any atom is -0.401 e. The lowest BCUT2D eigenvalue weighted by Gasteiger charge is -2.14. The van der Waals surface area contributed by atoms with E-state index in [9.17, 15) is 0 Å². The zero-order chi connectivity index (χ0) is 11.5. The van der Waals surface area contributed by atoms with Crippen LogP contribution in [0, 0.1) is 0 Å². The van der Waals surface area contributed by atoms with Gasteiger partial charge in [0, 0.05) is 18.4 Å². The summed E-state index contributed by atoms with van der Waals surface area (Å²) in [4.78, 5) is 0. The van der Waals surface area contributed by atoms with Crippen LogP contribution in [0.25, 0.3) is 0 Å². The molecule has 0 spiro atoms. The van der Waals surface area contributed by atoms with Gasteiger partial charge in [0.05, 0.1) is 0 Å². The van der Waals surface area contributed by atoms with Crippen molar-refractivity contribution in [3.05, 3.63) is 11.9 Å². The van der Waals surface area contributed by atoms with Gasteiger partial charge in [-0.25, -0.2) is 5.84 Å². The molecular formula is C11H26N4. The maximum atomic E-state index is 5.77. The highest BCUT2D eigenvalue weighted by atomic mass is 15.4. The molecule has 15 heavy (non-hydrogen) atoms. The van der Waals surface area contributed by atoms with E-state index in [0.717, 1.165) is 31.5 Å². The molecule has 0 aromatic rings. The lowest BCUT2D eigenvalue weighted by Crippen LogP contribution is -2.27. The third-order valence-electron chi connectivity index (χ3n) is 2.27. The van der Waals surface area contributed by atoms with Crippen molar-refractivity contribution < 1.29 is 0 Å². The number of hydrogen-bond acceptors (Lipinski definition) is 4. The van der Waals surface area contributed by atoms with E-state index in [4.69, 9.17) is 17.3 Å². The van der Waals surface area contributed by atoms with Crippen LogP contribution in [0.2, 0.25) is 0 Å². The third-order valence-corrected chi connectivity index (χ3v) is 2.27. The lowest BCUT2D eigenvalue weighted by molar-refractivity contribution is 0.373. The summed E-state index contributed by atoms with van der Waals surface area (Å²) in [6, 6.07) is 0. The van der Waals surface area contributed by atoms with E-state index in [1.165, 1.54) is 19.3 Å². The first-order valence-corrected chi connectivity index (χ1v) is 5.88. The minimum atomic E-state index is 0.676. The topological polar surface area (TPSA) is 81.3 Å². The lowest BCUT2D eigenvalue weighted by atomic mass is 10.2. The number of nitrogens with zero attached hydrogens (tertiary/aromatic N) is 1. The Kier molecular flexibility index (Phi) is 9.32. The molecule has 0 aliphatic heterocycles. The third kappa shape index (κ3) is 9.56. The van der Waals surface area contributed by atoms with Gasteiger partial charge in [-0.1, -0.05) is 26.2 Å². The van der Waals surface area contributed by atoms with E-state index in [1.807, 2.05) is 6.20 Å². The molecule has 0 radical (unpaired) electrons. The number of hydrazine groups is 1. The minimum absolute atomic E-state index is 0.676. The maximum absolute atomic E-state index is 5.77. The molecule has 4 heteroatoms. The van der Waals surface area contributed by atoms with Crippen molar-refractivity contribution >= 4 is 0 Å². The van der Waals surface area contributed by atoms with E-state index in [0.29, 0.717) is 6.54 Å². The molecule has 0 unspecified atom stereocenters. The van der Waals surface area contributed by atoms with Crippen LogP contribution in [0.4, 0.5) is 0 Å². The first-order valence-electron chi connectivity index (χ1n) is 5.88. The van der Waals surface area contributed by atoms with E-state index in [1.54, 1.807) is 5.01 Å². The van der Waals surface area contributed by atoms with Gasteiger partial charge in [0.2, 0.25) is 0 Å². The molecule has 0 rings (SSSR count). The van der Waals surface area contributed by atoms with Crippen molar-refractivity contribution in [1.82, 2.24) is 5.01 Å². The van der Waals surface area contributed by atoms with Gasteiger partial charge in [-0.3, -0.25) is 0 Å². The first kappa shape index (κ1) is 14.3. The standard InChI is InChI=1S/C11H26N4/c1-2-3-4-5-9-15(14)10-11(13)7-6-8-12/h10H,2-9,12-14H2,1H3/b11-10-. The summed E-state index contributed by atoms with van der Waals surface area (Å²) in [6.45, 7) is 3.75. The molecule has 0 aromatic carbocycles. The molecule has 4 nitrogen and oxygen atoms in total. The van der Waals surface area contributed by atoms with Crippen molar-refractivity contribution in [2.24, 2.45) is 17.3 Å². The normalized spacial score (nSPS) is 11.8. The first-order chi connectivity index (χ1) is 7.20. The summed E-state index contributed by atoms with van der Waals surface area (Å²) in [5.74, 6) is 5.77. The van der Waals surface area contributed by atoms with E-state index in [-0.39, 0.29) is 0 Å². The van der Waals surface area contributed by atoms with Crippen molar-refractivity contribution in [2.45, 2.75) is 45.4 Å². The fourth-order valence-corrected chi connectivity index (χ4v) is 1.37. The molecule has 0 aliphatic rings. The molecule has 6 N–H and O–H groups in total. The molecule has 0 heterocycles. The molecular weight excluding hydrogens is 188 g/mol. The number of allylic oxidation sites excluding steroid dienone is 1. The summed E-state index contributed by atoms with van der Waals surface area (Å²) < 4.78 is 0. The summed E-state index contributed by atoms with van der Waals surface area (Å²) >= 11 is 0. The highest BCUT2D eigenvalue weighted by Gasteiger charge is 1.96. The molecule has 0 aromatic heterocycles. The molecule has 0 fully saturated rings. The Bertz CT molecular complexity index is 168. The van der Waals surface area contributed by atoms with Gasteiger partial charge < -0.3 is 16.5 Å². The Morgan fingerprint density at radius 1 is 1.20 bits per heavy atom. The van der Waals surface area contributed by atoms with Crippen molar-refractivity contribution in [1.29, 1.82) is 0 Å². The van der Waals surface area contributed by atoms with Gasteiger partial charge in [-0.05, 0) is 25.8 Å². The molecule has 0 atom stereocenters. The van der Waals surface area contributed by atoms with Crippen molar-refractivity contribution in [3.63, 3.8) is 0 Å². The predicted molar refractivity (Wildman–Crippen MR) is 65.6 cm³/mol. The Balaban J connectivity index is 3.56. The van der Waals surface area contributed by atoms with Crippen LogP contribution < -0.4 is 17.3 Å². The molecule has 0 saturated carbocycles.